The summed E-state index contributed by atoms with van der Waals surface area (Å²) in [5, 5.41) is 23.1. The first-order chi connectivity index (χ1) is 7.99. The molecule has 2 N–H and O–H groups in total. The molecule has 1 atom stereocenters. The molecule has 2 aromatic rings. The molecule has 5 heteroatoms. The first kappa shape index (κ1) is 18.3. The Balaban J connectivity index is 0.00000162. The minimum atomic E-state index is -0.624. The molecular weight excluding hydrogens is 319 g/mol. The van der Waals surface area contributed by atoms with Gasteiger partial charge in [-0.1, -0.05) is 5.16 Å². The maximum atomic E-state index is 9.66. The third-order valence-corrected chi connectivity index (χ3v) is 2.74. The van der Waals surface area contributed by atoms with E-state index < -0.39 is 6.10 Å². The second-order valence-corrected chi connectivity index (χ2v) is 4.19. The maximum Gasteiger partial charge on any atom is 0.141 e. The summed E-state index contributed by atoms with van der Waals surface area (Å²) in [6.45, 7) is 5.32. The van der Waals surface area contributed by atoms with Crippen molar-refractivity contribution in [2.24, 2.45) is 0 Å². The number of aromatic nitrogens is 1. The normalized spacial score (nSPS) is 11.4. The molecule has 19 heavy (non-hydrogen) atoms. The van der Waals surface area contributed by atoms with E-state index in [1.54, 1.807) is 19.1 Å². The molecule has 2 rings (SSSR count). The number of nitrogens with zero attached hydrogens (tertiary/aromatic N) is 1. The first-order valence-corrected chi connectivity index (χ1v) is 5.44. The molecule has 0 bridgehead atoms. The zero-order valence-corrected chi connectivity index (χ0v) is 14.5. The van der Waals surface area contributed by atoms with Gasteiger partial charge in [-0.3, -0.25) is 0 Å². The van der Waals surface area contributed by atoms with Gasteiger partial charge in [-0.2, -0.15) is 0 Å². The Morgan fingerprint density at radius 2 is 1.84 bits per heavy atom. The molecule has 4 nitrogen and oxygen atoms in total. The van der Waals surface area contributed by atoms with E-state index in [0.717, 1.165) is 16.8 Å². The molecule has 1 radical (unpaired) electrons. The predicted octanol–water partition coefficient (Wildman–Crippen LogP) is 3.17. The number of aromatic hydroxyl groups is 1. The summed E-state index contributed by atoms with van der Waals surface area (Å²) >= 11 is 0. The van der Waals surface area contributed by atoms with Gasteiger partial charge in [-0.25, -0.2) is 0 Å². The van der Waals surface area contributed by atoms with E-state index in [1.165, 1.54) is 0 Å². The summed E-state index contributed by atoms with van der Waals surface area (Å²) in [5.74, 6) is 0.822. The summed E-state index contributed by atoms with van der Waals surface area (Å²) in [4.78, 5) is 0. The van der Waals surface area contributed by atoms with Gasteiger partial charge in [0.2, 0.25) is 0 Å². The van der Waals surface area contributed by atoms with Gasteiger partial charge in [-0.15, -0.1) is 0 Å². The second-order valence-electron chi connectivity index (χ2n) is 4.19. The molecule has 0 spiro atoms. The van der Waals surface area contributed by atoms with Crippen LogP contribution in [-0.2, 0) is 32.7 Å². The third-order valence-electron chi connectivity index (χ3n) is 2.74. The number of aliphatic hydroxyl groups is 1. The van der Waals surface area contributed by atoms with Crippen LogP contribution in [0.25, 0.3) is 11.1 Å². The van der Waals surface area contributed by atoms with Crippen molar-refractivity contribution in [2.75, 3.05) is 0 Å². The van der Waals surface area contributed by atoms with Crippen LogP contribution in [0.2, 0.25) is 0 Å². The number of phenols is 1. The minimum Gasteiger partial charge on any atom is -0.508 e. The van der Waals surface area contributed by atoms with E-state index in [1.807, 2.05) is 19.9 Å². The Kier molecular flexibility index (Phi) is 6.91. The molecule has 1 unspecified atom stereocenters. The van der Waals surface area contributed by atoms with Gasteiger partial charge in [0.25, 0.3) is 0 Å². The van der Waals surface area contributed by atoms with Crippen molar-refractivity contribution < 1.29 is 47.4 Å². The molecule has 0 aliphatic carbocycles. The molecule has 1 aromatic heterocycles. The van der Waals surface area contributed by atoms with Crippen LogP contribution in [0.4, 0.5) is 0 Å². The average molecular weight is 337 g/mol. The fourth-order valence-electron chi connectivity index (χ4n) is 1.92. The van der Waals surface area contributed by atoms with Crippen molar-refractivity contribution in [3.63, 3.8) is 0 Å². The van der Waals surface area contributed by atoms with E-state index in [2.05, 4.69) is 5.16 Å². The summed E-state index contributed by atoms with van der Waals surface area (Å²) < 4.78 is 5.10. The molecule has 0 aliphatic heterocycles. The van der Waals surface area contributed by atoms with Crippen molar-refractivity contribution in [1.82, 2.24) is 5.16 Å². The van der Waals surface area contributed by atoms with Gasteiger partial charge in [0, 0.05) is 38.3 Å². The predicted molar refractivity (Wildman–Crippen MR) is 70.1 cm³/mol. The monoisotopic (exact) mass is 337 g/mol. The zero-order chi connectivity index (χ0) is 12.6. The summed E-state index contributed by atoms with van der Waals surface area (Å²) in [6, 6.07) is 5.02. The number of hydrogen-bond donors (Lipinski definition) is 2. The van der Waals surface area contributed by atoms with Crippen LogP contribution in [-0.4, -0.2) is 15.4 Å². The van der Waals surface area contributed by atoms with Crippen molar-refractivity contribution in [3.05, 3.63) is 42.6 Å². The number of phenolic OH excluding ortho intramolecular Hbond substituents is 1. The largest absolute Gasteiger partial charge is 0.508 e. The molecular formula is C14H18NO3Y-. The SMILES string of the molecule is Cc1noc(C)c1-c1cc(O)cc(C(C)O)c1.[CH3-].[Y]. The fraction of sp³-hybridized carbons (Fsp3) is 0.286. The Bertz CT molecular complexity index is 530. The number of aryl methyl sites for hydroxylation is 2. The Labute approximate surface area is 138 Å². The number of benzene rings is 1. The van der Waals surface area contributed by atoms with E-state index >= 15 is 0 Å². The number of rotatable bonds is 2. The Morgan fingerprint density at radius 1 is 1.21 bits per heavy atom. The maximum absolute atomic E-state index is 9.66. The fourth-order valence-corrected chi connectivity index (χ4v) is 1.92. The van der Waals surface area contributed by atoms with Crippen LogP contribution in [0.15, 0.2) is 22.7 Å². The summed E-state index contributed by atoms with van der Waals surface area (Å²) in [5.41, 5.74) is 3.10. The molecule has 0 saturated heterocycles. The molecule has 0 fully saturated rings. The molecule has 1 heterocycles. The van der Waals surface area contributed by atoms with Crippen molar-refractivity contribution >= 4 is 0 Å². The van der Waals surface area contributed by atoms with Gasteiger partial charge in [0.05, 0.1) is 11.8 Å². The van der Waals surface area contributed by atoms with Crippen LogP contribution in [0.3, 0.4) is 0 Å². The van der Waals surface area contributed by atoms with Crippen molar-refractivity contribution in [2.45, 2.75) is 26.9 Å². The number of aliphatic hydroxyl groups excluding tert-OH is 1. The van der Waals surface area contributed by atoms with Crippen LogP contribution < -0.4 is 0 Å². The minimum absolute atomic E-state index is 0. The van der Waals surface area contributed by atoms with Crippen LogP contribution in [0, 0.1) is 21.3 Å². The van der Waals surface area contributed by atoms with Gasteiger partial charge < -0.3 is 22.2 Å². The summed E-state index contributed by atoms with van der Waals surface area (Å²) in [6.07, 6.45) is -0.624. The van der Waals surface area contributed by atoms with Gasteiger partial charge in [0.1, 0.15) is 11.5 Å². The van der Waals surface area contributed by atoms with Gasteiger partial charge in [0.15, 0.2) is 0 Å². The van der Waals surface area contributed by atoms with Gasteiger partial charge >= 0.3 is 0 Å². The summed E-state index contributed by atoms with van der Waals surface area (Å²) in [7, 11) is 0. The Hall–Kier alpha value is -0.706. The van der Waals surface area contributed by atoms with Crippen molar-refractivity contribution in [1.29, 1.82) is 0 Å². The third kappa shape index (κ3) is 3.88. The van der Waals surface area contributed by atoms with Crippen molar-refractivity contribution in [3.8, 4) is 16.9 Å². The molecule has 0 amide bonds. The number of hydrogen-bond acceptors (Lipinski definition) is 4. The van der Waals surface area contributed by atoms with E-state index in [-0.39, 0.29) is 45.9 Å². The van der Waals surface area contributed by atoms with E-state index in [0.29, 0.717) is 11.3 Å². The first-order valence-electron chi connectivity index (χ1n) is 5.44. The van der Waals surface area contributed by atoms with E-state index in [9.17, 15) is 10.2 Å². The van der Waals surface area contributed by atoms with Crippen LogP contribution in [0.5, 0.6) is 5.75 Å². The zero-order valence-electron chi connectivity index (χ0n) is 11.6. The second kappa shape index (κ2) is 7.18. The van der Waals surface area contributed by atoms with Crippen LogP contribution in [0.1, 0.15) is 30.0 Å². The molecule has 0 saturated carbocycles. The smallest absolute Gasteiger partial charge is 0.141 e. The molecule has 0 aliphatic rings. The molecule has 1 aromatic carbocycles. The van der Waals surface area contributed by atoms with E-state index in [4.69, 9.17) is 4.52 Å². The van der Waals surface area contributed by atoms with Crippen LogP contribution >= 0.6 is 0 Å². The topological polar surface area (TPSA) is 66.5 Å². The standard InChI is InChI=1S/C13H15NO3.CH3.Y/c1-7-13(9(3)17-14-7)11-4-10(8(2)15)5-12(16)6-11;;/h4-6,8,15-16H,1-3H3;1H3;/q;-1;. The Morgan fingerprint density at radius 3 is 2.32 bits per heavy atom. The average Bonchev–Trinajstić information content (AvgIpc) is 2.57. The molecule has 101 valence electrons. The quantitative estimate of drug-likeness (QED) is 0.826. The van der Waals surface area contributed by atoms with Gasteiger partial charge in [-0.05, 0) is 50.1 Å².